The van der Waals surface area contributed by atoms with Crippen LogP contribution in [0.2, 0.25) is 0 Å². The lowest BCUT2D eigenvalue weighted by atomic mass is 9.69. The summed E-state index contributed by atoms with van der Waals surface area (Å²) in [6.45, 7) is 40.7. The van der Waals surface area contributed by atoms with E-state index >= 15 is 0 Å². The van der Waals surface area contributed by atoms with Gasteiger partial charge in [-0.3, -0.25) is 0 Å². The Morgan fingerprint density at radius 2 is 0.309 bits per heavy atom. The molecule has 139 heavy (non-hydrogen) atoms. The first-order chi connectivity index (χ1) is 66.7. The van der Waals surface area contributed by atoms with Gasteiger partial charge < -0.3 is 0 Å². The van der Waals surface area contributed by atoms with Crippen molar-refractivity contribution in [2.24, 2.45) is 0 Å². The Balaban J connectivity index is 0.000000121. The van der Waals surface area contributed by atoms with Gasteiger partial charge in [0, 0.05) is 0 Å². The summed E-state index contributed by atoms with van der Waals surface area (Å²) in [5.41, 5.74) is 45.6. The van der Waals surface area contributed by atoms with Crippen molar-refractivity contribution in [2.45, 2.75) is 163 Å². The van der Waals surface area contributed by atoms with Crippen LogP contribution in [0, 0.1) is 0 Å². The summed E-state index contributed by atoms with van der Waals surface area (Å²) >= 11 is 0. The third kappa shape index (κ3) is 23.0. The van der Waals surface area contributed by atoms with Crippen molar-refractivity contribution in [1.29, 1.82) is 0 Å². The first-order valence-electron chi connectivity index (χ1n) is 49.5. The van der Waals surface area contributed by atoms with Crippen molar-refractivity contribution in [3.8, 4) is 134 Å². The number of rotatable bonds is 10. The van der Waals surface area contributed by atoms with Gasteiger partial charge in [0.25, 0.3) is 0 Å². The lowest BCUT2D eigenvalue weighted by Gasteiger charge is -2.31. The lowest BCUT2D eigenvalue weighted by Crippen LogP contribution is -2.26. The summed E-state index contributed by atoms with van der Waals surface area (Å²) in [6.07, 6.45) is 0. The van der Waals surface area contributed by atoms with Crippen molar-refractivity contribution < 1.29 is 0 Å². The van der Waals surface area contributed by atoms with E-state index in [4.69, 9.17) is 0 Å². The summed E-state index contributed by atoms with van der Waals surface area (Å²) in [4.78, 5) is 0. The molecule has 19 aromatic rings. The minimum Gasteiger partial charge on any atom is -0.0622 e. The quantitative estimate of drug-likeness (QED) is 0.128. The van der Waals surface area contributed by atoms with Crippen LogP contribution in [0.5, 0.6) is 0 Å². The molecular formula is C139H134. The van der Waals surface area contributed by atoms with Crippen LogP contribution in [0.1, 0.15) is 180 Å². The Labute approximate surface area is 831 Å². The second kappa shape index (κ2) is 42.0. The Hall–Kier alpha value is -14.8. The van der Waals surface area contributed by atoms with Gasteiger partial charge in [0.05, 0.1) is 5.41 Å². The molecule has 0 unspecified atom stereocenters. The first kappa shape index (κ1) is 97.3. The highest BCUT2D eigenvalue weighted by molar-refractivity contribution is 5.95. The smallest absolute Gasteiger partial charge is 0.0622 e. The largest absolute Gasteiger partial charge is 0.0725 e. The molecular weight excluding hydrogens is 1670 g/mol. The third-order valence-electron chi connectivity index (χ3n) is 27.1. The van der Waals surface area contributed by atoms with Gasteiger partial charge in [-0.2, -0.15) is 0 Å². The second-order valence-corrected chi connectivity index (χ2v) is 43.2. The van der Waals surface area contributed by atoms with E-state index in [1.54, 1.807) is 0 Å². The summed E-state index contributed by atoms with van der Waals surface area (Å²) in [7, 11) is 0. The molecule has 1 spiro atoms. The molecule has 0 nitrogen and oxygen atoms in total. The molecule has 0 aromatic heterocycles. The molecule has 0 radical (unpaired) electrons. The average Bonchev–Trinajstić information content (AvgIpc) is 1.51. The van der Waals surface area contributed by atoms with Gasteiger partial charge in [-0.15, -0.1) is 0 Å². The molecule has 0 N–H and O–H groups in total. The molecule has 0 amide bonds. The van der Waals surface area contributed by atoms with Crippen molar-refractivity contribution in [3.63, 3.8) is 0 Å². The van der Waals surface area contributed by atoms with Crippen LogP contribution in [0.15, 0.2) is 485 Å². The van der Waals surface area contributed by atoms with Gasteiger partial charge in [-0.05, 0) is 234 Å². The van der Waals surface area contributed by atoms with Crippen molar-refractivity contribution in [1.82, 2.24) is 0 Å². The maximum absolute atomic E-state index is 2.48. The zero-order chi connectivity index (χ0) is 97.7. The third-order valence-corrected chi connectivity index (χ3v) is 27.1. The van der Waals surface area contributed by atoms with E-state index in [1.807, 2.05) is 0 Å². The maximum Gasteiger partial charge on any atom is 0.0725 e. The summed E-state index contributed by atoms with van der Waals surface area (Å²) in [6, 6.07) is 175. The molecule has 0 heteroatoms. The normalized spacial score (nSPS) is 12.2. The number of benzene rings is 19. The van der Waals surface area contributed by atoms with Crippen LogP contribution in [0.4, 0.5) is 0 Å². The highest BCUT2D eigenvalue weighted by atomic mass is 14.5. The topological polar surface area (TPSA) is 0 Å². The molecule has 690 valence electrons. The molecule has 0 bridgehead atoms. The first-order valence-corrected chi connectivity index (χ1v) is 49.5. The van der Waals surface area contributed by atoms with Crippen molar-refractivity contribution >= 4 is 0 Å². The number of hydrogen-bond donors (Lipinski definition) is 0. The molecule has 0 fully saturated rings. The molecule has 2 aliphatic carbocycles. The van der Waals surface area contributed by atoms with Crippen molar-refractivity contribution in [2.75, 3.05) is 0 Å². The second-order valence-electron chi connectivity index (χ2n) is 43.2. The minimum atomic E-state index is -0.222. The van der Waals surface area contributed by atoms with E-state index in [-0.39, 0.29) is 37.9 Å². The van der Waals surface area contributed by atoms with E-state index in [0.29, 0.717) is 0 Å². The predicted molar refractivity (Wildman–Crippen MR) is 602 cm³/mol. The summed E-state index contributed by atoms with van der Waals surface area (Å²) in [5, 5.41) is 0. The van der Waals surface area contributed by atoms with E-state index < -0.39 is 0 Å². The number of hydrogen-bond acceptors (Lipinski definition) is 0. The van der Waals surface area contributed by atoms with E-state index in [9.17, 15) is 0 Å². The van der Waals surface area contributed by atoms with Crippen LogP contribution in [0.25, 0.3) is 134 Å². The fourth-order valence-corrected chi connectivity index (χ4v) is 19.1. The van der Waals surface area contributed by atoms with Gasteiger partial charge >= 0.3 is 0 Å². The molecule has 0 aliphatic heterocycles. The predicted octanol–water partition coefficient (Wildman–Crippen LogP) is 38.9. The zero-order valence-electron chi connectivity index (χ0n) is 84.7. The summed E-state index contributed by atoms with van der Waals surface area (Å²) in [5.74, 6) is 0. The van der Waals surface area contributed by atoms with Crippen LogP contribution in [-0.4, -0.2) is 0 Å². The fourth-order valence-electron chi connectivity index (χ4n) is 19.1. The van der Waals surface area contributed by atoms with Crippen LogP contribution in [-0.2, 0) is 37.9 Å². The van der Waals surface area contributed by atoms with E-state index in [1.165, 1.54) is 189 Å². The highest BCUT2D eigenvalue weighted by Crippen LogP contribution is 2.63. The Morgan fingerprint density at radius 1 is 0.115 bits per heavy atom. The maximum atomic E-state index is 2.48. The van der Waals surface area contributed by atoms with Gasteiger partial charge in [0.2, 0.25) is 0 Å². The monoisotopic (exact) mass is 1800 g/mol. The van der Waals surface area contributed by atoms with Crippen LogP contribution in [0.3, 0.4) is 0 Å². The standard InChI is InChI=1S/C29H24.5C22H22/c1-28(2,3)19-16-17-23-22-12-6-9-15-26(22)29(27(23)18-19)24-13-7-4-10-20(24)21-11-5-8-14-25(21)29;1-22(2,3)21-14-8-13-20(16-21)19-12-7-11-18(15-19)17-9-5-4-6-10-17;1-22(2,3)21-12-8-7-11-20(21)19-15-13-18(14-16-19)17-9-5-4-6-10-17;1-22(2,3)21-14-12-18(13-15-21)20-11-7-10-19(16-20)17-8-5-4-6-9-17;1-22(2,3)21-11-7-10-20(16-21)19-14-12-18(13-15-19)17-8-5-4-6-9-17;1-22(2,3)21-15-13-20(14-16-21)19-11-9-18(10-12-19)17-7-5-4-6-8-17/h4-18H,1-3H3;5*4-16H,1-3H3. The fraction of sp³-hybridized carbons (Fsp3) is 0.180. The Morgan fingerprint density at radius 3 is 0.612 bits per heavy atom. The number of fused-ring (bicyclic) bond motifs is 10. The van der Waals surface area contributed by atoms with E-state index in [0.717, 1.165) is 0 Å². The van der Waals surface area contributed by atoms with Gasteiger partial charge in [-0.1, -0.05) is 598 Å². The molecule has 0 heterocycles. The molecule has 0 saturated heterocycles. The van der Waals surface area contributed by atoms with Crippen LogP contribution < -0.4 is 0 Å². The summed E-state index contributed by atoms with van der Waals surface area (Å²) < 4.78 is 0. The SMILES string of the molecule is CC(C)(C)c1ccc(-c2ccc(-c3ccccc3)cc2)cc1.CC(C)(C)c1ccc(-c2cccc(-c3ccccc3)c2)cc1.CC(C)(C)c1ccc2c(c1)C1(c3ccccc3-c3ccccc31)c1ccccc1-2.CC(C)(C)c1cccc(-c2ccc(-c3ccccc3)cc2)c1.CC(C)(C)c1cccc(-c2cccc(-c3ccccc3)c2)c1.CC(C)(C)c1ccccc1-c1ccc(-c2ccccc2)cc1. The molecule has 0 saturated carbocycles. The Kier molecular flexibility index (Phi) is 29.4. The molecule has 0 atom stereocenters. The molecule has 2 aliphatic rings. The van der Waals surface area contributed by atoms with Gasteiger partial charge in [0.15, 0.2) is 0 Å². The van der Waals surface area contributed by atoms with Crippen molar-refractivity contribution in [3.05, 3.63) is 541 Å². The average molecular weight is 1800 g/mol. The zero-order valence-corrected chi connectivity index (χ0v) is 84.7. The minimum absolute atomic E-state index is 0.114. The highest BCUT2D eigenvalue weighted by Gasteiger charge is 2.52. The Bertz CT molecular complexity index is 7210. The lowest BCUT2D eigenvalue weighted by molar-refractivity contribution is 0.588. The van der Waals surface area contributed by atoms with Gasteiger partial charge in [-0.25, -0.2) is 0 Å². The van der Waals surface area contributed by atoms with E-state index in [2.05, 4.69) is 610 Å². The van der Waals surface area contributed by atoms with Crippen LogP contribution >= 0.6 is 0 Å². The van der Waals surface area contributed by atoms with Gasteiger partial charge in [0.1, 0.15) is 0 Å². The molecule has 19 aromatic carbocycles. The molecule has 21 rings (SSSR count).